The Hall–Kier alpha value is -2.07. The van der Waals surface area contributed by atoms with Crippen LogP contribution in [0.15, 0.2) is 39.7 Å². The molecular weight excluding hydrogens is 524 g/mol. The Morgan fingerprint density at radius 3 is 2.74 bits per heavy atom. The second-order valence-electron chi connectivity index (χ2n) is 6.41. The van der Waals surface area contributed by atoms with Crippen LogP contribution in [0.4, 0.5) is 0 Å². The Labute approximate surface area is 203 Å². The molecule has 1 N–H and O–H groups in total. The summed E-state index contributed by atoms with van der Waals surface area (Å²) in [7, 11) is 1.55. The van der Waals surface area contributed by atoms with Crippen LogP contribution in [0.1, 0.15) is 28.4 Å². The number of nitrogens with one attached hydrogen (secondary N) is 1. The quantitative estimate of drug-likeness (QED) is 0.392. The number of aryl methyl sites for hydroxylation is 1. The summed E-state index contributed by atoms with van der Waals surface area (Å²) in [6.07, 6.45) is 1.68. The number of rotatable bonds is 6. The average Bonchev–Trinajstić information content (AvgIpc) is 2.95. The molecule has 0 bridgehead atoms. The lowest BCUT2D eigenvalue weighted by Gasteiger charge is -2.16. The summed E-state index contributed by atoms with van der Waals surface area (Å²) in [6, 6.07) is 8.62. The number of carbonyl (C=O) groups excluding carboxylic acids is 2. The van der Waals surface area contributed by atoms with Gasteiger partial charge in [-0.1, -0.05) is 29.4 Å². The zero-order valence-electron chi connectivity index (χ0n) is 16.8. The number of benzene rings is 2. The van der Waals surface area contributed by atoms with E-state index in [-0.39, 0.29) is 9.88 Å². The lowest BCUT2D eigenvalue weighted by atomic mass is 10.1. The number of amides is 2. The fourth-order valence-electron chi connectivity index (χ4n) is 2.81. The number of nitrogens with zero attached hydrogens (tertiary/aromatic N) is 1. The smallest absolute Gasteiger partial charge is 0.285 e. The number of hydrogen-bond donors (Lipinski definition) is 1. The molecule has 1 heterocycles. The fraction of sp³-hybridized carbons (Fsp3) is 0.190. The Bertz CT molecular complexity index is 1110. The highest BCUT2D eigenvalue weighted by Crippen LogP contribution is 2.39. The summed E-state index contributed by atoms with van der Waals surface area (Å²) >= 11 is 16.0. The molecule has 0 aromatic heterocycles. The number of thiocarbonyl (C=S) groups is 1. The van der Waals surface area contributed by atoms with Crippen LogP contribution < -0.4 is 14.9 Å². The third-order valence-electron chi connectivity index (χ3n) is 4.21. The van der Waals surface area contributed by atoms with Crippen molar-refractivity contribution in [1.82, 2.24) is 10.4 Å². The number of methoxy groups -OCH3 is 1. The molecule has 1 fully saturated rings. The maximum absolute atomic E-state index is 12.9. The van der Waals surface area contributed by atoms with Gasteiger partial charge in [0.05, 0.1) is 33.7 Å². The monoisotopic (exact) mass is 540 g/mol. The predicted molar refractivity (Wildman–Crippen MR) is 131 cm³/mol. The number of hydrazine groups is 1. The van der Waals surface area contributed by atoms with Crippen LogP contribution >= 0.6 is 51.5 Å². The molecule has 0 saturated carbocycles. The Morgan fingerprint density at radius 2 is 2.10 bits per heavy atom. The zero-order chi connectivity index (χ0) is 22.7. The van der Waals surface area contributed by atoms with Crippen molar-refractivity contribution < 1.29 is 19.1 Å². The molecule has 2 amide bonds. The van der Waals surface area contributed by atoms with Crippen LogP contribution in [-0.4, -0.2) is 34.9 Å². The second-order valence-corrected chi connectivity index (χ2v) is 9.35. The van der Waals surface area contributed by atoms with Crippen molar-refractivity contribution in [3.8, 4) is 11.5 Å². The van der Waals surface area contributed by atoms with Crippen LogP contribution in [0.3, 0.4) is 0 Å². The molecule has 1 aliphatic rings. The van der Waals surface area contributed by atoms with E-state index in [9.17, 15) is 9.59 Å². The van der Waals surface area contributed by atoms with Gasteiger partial charge in [-0.05, 0) is 83.5 Å². The number of thioether (sulfide) groups is 1. The number of ether oxygens (including phenoxy) is 2. The van der Waals surface area contributed by atoms with E-state index in [1.54, 1.807) is 43.5 Å². The summed E-state index contributed by atoms with van der Waals surface area (Å²) < 4.78 is 11.9. The summed E-state index contributed by atoms with van der Waals surface area (Å²) in [4.78, 5) is 25.8. The van der Waals surface area contributed by atoms with Gasteiger partial charge in [-0.3, -0.25) is 15.0 Å². The third kappa shape index (κ3) is 5.23. The standard InChI is InChI=1S/C21H18BrClN2O4S2/c1-4-29-16-9-12(8-14(22)18(16)28-3)10-17-20(27)25(21(30)31-17)24-19(26)13-6-5-11(2)7-15(13)23/h5-10H,4H2,1-3H3,(H,24,26)/b17-10+. The van der Waals surface area contributed by atoms with E-state index in [1.807, 2.05) is 13.8 Å². The van der Waals surface area contributed by atoms with Gasteiger partial charge in [0.15, 0.2) is 15.8 Å². The molecule has 0 unspecified atom stereocenters. The van der Waals surface area contributed by atoms with Crippen molar-refractivity contribution in [3.63, 3.8) is 0 Å². The first-order valence-corrected chi connectivity index (χ1v) is 11.5. The molecule has 10 heteroatoms. The van der Waals surface area contributed by atoms with Gasteiger partial charge in [0.2, 0.25) is 0 Å². The maximum atomic E-state index is 12.9. The topological polar surface area (TPSA) is 67.9 Å². The van der Waals surface area contributed by atoms with Crippen molar-refractivity contribution in [3.05, 3.63) is 61.4 Å². The number of carbonyl (C=O) groups is 2. The molecule has 1 saturated heterocycles. The highest BCUT2D eigenvalue weighted by Gasteiger charge is 2.34. The van der Waals surface area contributed by atoms with E-state index < -0.39 is 11.8 Å². The van der Waals surface area contributed by atoms with Crippen molar-refractivity contribution >= 4 is 73.7 Å². The minimum absolute atomic E-state index is 0.213. The van der Waals surface area contributed by atoms with E-state index in [0.29, 0.717) is 38.1 Å². The van der Waals surface area contributed by atoms with Crippen molar-refractivity contribution in [2.75, 3.05) is 13.7 Å². The maximum Gasteiger partial charge on any atom is 0.285 e. The van der Waals surface area contributed by atoms with Gasteiger partial charge in [-0.25, -0.2) is 0 Å². The summed E-state index contributed by atoms with van der Waals surface area (Å²) in [5.41, 5.74) is 4.43. The molecule has 162 valence electrons. The first kappa shape index (κ1) is 23.6. The Morgan fingerprint density at radius 1 is 1.35 bits per heavy atom. The molecule has 1 aliphatic heterocycles. The van der Waals surface area contributed by atoms with Gasteiger partial charge in [0.1, 0.15) is 0 Å². The van der Waals surface area contributed by atoms with Gasteiger partial charge < -0.3 is 9.47 Å². The Kier molecular flexibility index (Phi) is 7.64. The van der Waals surface area contributed by atoms with Crippen LogP contribution in [-0.2, 0) is 4.79 Å². The summed E-state index contributed by atoms with van der Waals surface area (Å²) in [5, 5.41) is 1.34. The highest BCUT2D eigenvalue weighted by atomic mass is 79.9. The zero-order valence-corrected chi connectivity index (χ0v) is 20.8. The largest absolute Gasteiger partial charge is 0.492 e. The molecular formula is C21H18BrClN2O4S2. The van der Waals surface area contributed by atoms with Gasteiger partial charge in [0, 0.05) is 0 Å². The van der Waals surface area contributed by atoms with E-state index in [1.165, 1.54) is 0 Å². The molecule has 31 heavy (non-hydrogen) atoms. The predicted octanol–water partition coefficient (Wildman–Crippen LogP) is 5.36. The van der Waals surface area contributed by atoms with Crippen molar-refractivity contribution in [1.29, 1.82) is 0 Å². The van der Waals surface area contributed by atoms with Crippen LogP contribution in [0, 0.1) is 6.92 Å². The van der Waals surface area contributed by atoms with E-state index in [2.05, 4.69) is 21.4 Å². The fourth-order valence-corrected chi connectivity index (χ4v) is 4.94. The molecule has 2 aromatic carbocycles. The Balaban J connectivity index is 1.84. The second kappa shape index (κ2) is 10.0. The normalized spacial score (nSPS) is 14.9. The molecule has 3 rings (SSSR count). The third-order valence-corrected chi connectivity index (χ3v) is 6.41. The SMILES string of the molecule is CCOc1cc(/C=C2/SC(=S)N(NC(=O)c3ccc(C)cc3Cl)C2=O)cc(Br)c1OC. The van der Waals surface area contributed by atoms with Crippen LogP contribution in [0.2, 0.25) is 5.02 Å². The first-order chi connectivity index (χ1) is 14.7. The van der Waals surface area contributed by atoms with Gasteiger partial charge in [-0.15, -0.1) is 0 Å². The lowest BCUT2D eigenvalue weighted by molar-refractivity contribution is -0.123. The average molecular weight is 542 g/mol. The lowest BCUT2D eigenvalue weighted by Crippen LogP contribution is -2.44. The van der Waals surface area contributed by atoms with Gasteiger partial charge >= 0.3 is 0 Å². The van der Waals surface area contributed by atoms with Gasteiger partial charge in [0.25, 0.3) is 11.8 Å². The van der Waals surface area contributed by atoms with E-state index in [0.717, 1.165) is 22.3 Å². The van der Waals surface area contributed by atoms with Gasteiger partial charge in [-0.2, -0.15) is 5.01 Å². The van der Waals surface area contributed by atoms with Crippen LogP contribution in [0.25, 0.3) is 6.08 Å². The number of hydrogen-bond acceptors (Lipinski definition) is 6. The highest BCUT2D eigenvalue weighted by molar-refractivity contribution is 9.10. The minimum atomic E-state index is -0.520. The molecule has 2 aromatic rings. The molecule has 0 radical (unpaired) electrons. The molecule has 0 atom stereocenters. The van der Waals surface area contributed by atoms with E-state index in [4.69, 9.17) is 33.3 Å². The van der Waals surface area contributed by atoms with E-state index >= 15 is 0 Å². The summed E-state index contributed by atoms with van der Waals surface area (Å²) in [6.45, 7) is 4.20. The van der Waals surface area contributed by atoms with Crippen molar-refractivity contribution in [2.24, 2.45) is 0 Å². The number of halogens is 2. The summed E-state index contributed by atoms with van der Waals surface area (Å²) in [5.74, 6) is 0.155. The molecule has 6 nitrogen and oxygen atoms in total. The molecule has 0 aliphatic carbocycles. The van der Waals surface area contributed by atoms with Crippen molar-refractivity contribution in [2.45, 2.75) is 13.8 Å². The first-order valence-electron chi connectivity index (χ1n) is 9.10. The molecule has 0 spiro atoms. The minimum Gasteiger partial charge on any atom is -0.492 e. The van der Waals surface area contributed by atoms with Crippen LogP contribution in [0.5, 0.6) is 11.5 Å².